The molecule has 0 heterocycles. The maximum Gasteiger partial charge on any atom is 0.191 e. The van der Waals surface area contributed by atoms with Crippen LogP contribution in [0.1, 0.15) is 30.0 Å². The normalized spacial score (nSPS) is 11.7. The van der Waals surface area contributed by atoms with Crippen LogP contribution in [0.3, 0.4) is 0 Å². The van der Waals surface area contributed by atoms with E-state index in [0.717, 1.165) is 37.5 Å². The number of nitrogens with one attached hydrogen (secondary N) is 2. The van der Waals surface area contributed by atoms with Crippen LogP contribution >= 0.6 is 0 Å². The van der Waals surface area contributed by atoms with Crippen LogP contribution in [-0.4, -0.2) is 38.0 Å². The Kier molecular flexibility index (Phi) is 8.78. The largest absolute Gasteiger partial charge is 0.357 e. The summed E-state index contributed by atoms with van der Waals surface area (Å²) in [4.78, 5) is 6.60. The second-order valence-electron chi connectivity index (χ2n) is 6.87. The van der Waals surface area contributed by atoms with E-state index in [2.05, 4.69) is 39.9 Å². The van der Waals surface area contributed by atoms with Crippen molar-refractivity contribution in [3.05, 3.63) is 71.0 Å². The van der Waals surface area contributed by atoms with Crippen LogP contribution in [0.15, 0.2) is 53.5 Å². The molecule has 0 aliphatic heterocycles. The van der Waals surface area contributed by atoms with Crippen LogP contribution in [0.4, 0.5) is 4.39 Å². The second-order valence-corrected chi connectivity index (χ2v) is 6.87. The predicted octanol–water partition coefficient (Wildman–Crippen LogP) is 3.58. The smallest absolute Gasteiger partial charge is 0.191 e. The fourth-order valence-electron chi connectivity index (χ4n) is 2.84. The Bertz CT molecular complexity index is 714. The highest BCUT2D eigenvalue weighted by molar-refractivity contribution is 5.79. The van der Waals surface area contributed by atoms with Gasteiger partial charge in [-0.1, -0.05) is 36.4 Å². The molecule has 0 bridgehead atoms. The third kappa shape index (κ3) is 7.79. The van der Waals surface area contributed by atoms with Gasteiger partial charge in [-0.25, -0.2) is 9.38 Å². The Morgan fingerprint density at radius 2 is 1.81 bits per heavy atom. The van der Waals surface area contributed by atoms with Crippen molar-refractivity contribution in [1.82, 2.24) is 15.5 Å². The van der Waals surface area contributed by atoms with Crippen LogP contribution in [-0.2, 0) is 19.5 Å². The first-order valence-corrected chi connectivity index (χ1v) is 9.56. The lowest BCUT2D eigenvalue weighted by Crippen LogP contribution is -2.37. The van der Waals surface area contributed by atoms with Crippen molar-refractivity contribution < 1.29 is 4.39 Å². The second kappa shape index (κ2) is 11.3. The lowest BCUT2D eigenvalue weighted by molar-refractivity contribution is 0.392. The minimum atomic E-state index is -0.164. The molecule has 2 aromatic carbocycles. The molecule has 0 saturated heterocycles. The highest BCUT2D eigenvalue weighted by Gasteiger charge is 2.05. The SMILES string of the molecule is CCNC(=NCc1ccc(F)c(CN(C)C)c1)NCCCc1ccccc1. The Morgan fingerprint density at radius 1 is 1.04 bits per heavy atom. The first-order chi connectivity index (χ1) is 13.1. The van der Waals surface area contributed by atoms with Crippen molar-refractivity contribution in [2.75, 3.05) is 27.2 Å². The average Bonchev–Trinajstić information content (AvgIpc) is 2.66. The van der Waals surface area contributed by atoms with E-state index in [4.69, 9.17) is 0 Å². The molecule has 27 heavy (non-hydrogen) atoms. The first kappa shape index (κ1) is 20.9. The Balaban J connectivity index is 1.88. The van der Waals surface area contributed by atoms with Crippen molar-refractivity contribution in [2.45, 2.75) is 32.9 Å². The number of halogens is 1. The van der Waals surface area contributed by atoms with E-state index in [-0.39, 0.29) is 5.82 Å². The molecule has 5 heteroatoms. The van der Waals surface area contributed by atoms with E-state index in [1.54, 1.807) is 6.07 Å². The predicted molar refractivity (Wildman–Crippen MR) is 111 cm³/mol. The summed E-state index contributed by atoms with van der Waals surface area (Å²) in [5, 5.41) is 6.64. The van der Waals surface area contributed by atoms with Gasteiger partial charge in [0.15, 0.2) is 5.96 Å². The monoisotopic (exact) mass is 370 g/mol. The molecule has 0 amide bonds. The number of aryl methyl sites for hydroxylation is 1. The van der Waals surface area contributed by atoms with Crippen molar-refractivity contribution in [3.63, 3.8) is 0 Å². The van der Waals surface area contributed by atoms with Gasteiger partial charge in [0, 0.05) is 25.2 Å². The van der Waals surface area contributed by atoms with Gasteiger partial charge in [0.2, 0.25) is 0 Å². The number of rotatable bonds is 9. The minimum Gasteiger partial charge on any atom is -0.357 e. The highest BCUT2D eigenvalue weighted by Crippen LogP contribution is 2.13. The molecular weight excluding hydrogens is 339 g/mol. The van der Waals surface area contributed by atoms with Crippen LogP contribution in [0.25, 0.3) is 0 Å². The molecule has 0 unspecified atom stereocenters. The molecule has 2 N–H and O–H groups in total. The molecule has 0 atom stereocenters. The summed E-state index contributed by atoms with van der Waals surface area (Å²) >= 11 is 0. The van der Waals surface area contributed by atoms with Gasteiger partial charge < -0.3 is 15.5 Å². The summed E-state index contributed by atoms with van der Waals surface area (Å²) in [7, 11) is 3.87. The first-order valence-electron chi connectivity index (χ1n) is 9.56. The molecule has 146 valence electrons. The van der Waals surface area contributed by atoms with Crippen molar-refractivity contribution in [1.29, 1.82) is 0 Å². The van der Waals surface area contributed by atoms with E-state index in [0.29, 0.717) is 18.7 Å². The molecule has 2 aromatic rings. The van der Waals surface area contributed by atoms with Crippen LogP contribution in [0.2, 0.25) is 0 Å². The molecule has 0 fully saturated rings. The van der Waals surface area contributed by atoms with Crippen molar-refractivity contribution in [2.24, 2.45) is 4.99 Å². The van der Waals surface area contributed by atoms with Gasteiger partial charge in [0.05, 0.1) is 6.54 Å². The van der Waals surface area contributed by atoms with Crippen molar-refractivity contribution in [3.8, 4) is 0 Å². The van der Waals surface area contributed by atoms with Crippen LogP contribution in [0, 0.1) is 5.82 Å². The van der Waals surface area contributed by atoms with E-state index in [1.165, 1.54) is 11.6 Å². The third-order valence-electron chi connectivity index (χ3n) is 4.14. The lowest BCUT2D eigenvalue weighted by Gasteiger charge is -2.13. The topological polar surface area (TPSA) is 39.7 Å². The maximum absolute atomic E-state index is 13.9. The zero-order chi connectivity index (χ0) is 19.5. The molecule has 0 spiro atoms. The van der Waals surface area contributed by atoms with Gasteiger partial charge in [-0.05, 0) is 57.1 Å². The van der Waals surface area contributed by atoms with E-state index >= 15 is 0 Å². The summed E-state index contributed by atoms with van der Waals surface area (Å²) in [5.41, 5.74) is 3.06. The zero-order valence-electron chi connectivity index (χ0n) is 16.6. The number of benzene rings is 2. The number of nitrogens with zero attached hydrogens (tertiary/aromatic N) is 2. The van der Waals surface area contributed by atoms with Crippen molar-refractivity contribution >= 4 is 5.96 Å². The number of guanidine groups is 1. The maximum atomic E-state index is 13.9. The summed E-state index contributed by atoms with van der Waals surface area (Å²) in [6.07, 6.45) is 2.08. The zero-order valence-corrected chi connectivity index (χ0v) is 16.6. The van der Waals surface area contributed by atoms with Crippen LogP contribution < -0.4 is 10.6 Å². The molecule has 0 aliphatic rings. The fraction of sp³-hybridized carbons (Fsp3) is 0.409. The third-order valence-corrected chi connectivity index (χ3v) is 4.14. The molecule has 0 saturated carbocycles. The van der Waals surface area contributed by atoms with Gasteiger partial charge in [-0.3, -0.25) is 0 Å². The molecule has 0 aliphatic carbocycles. The lowest BCUT2D eigenvalue weighted by atomic mass is 10.1. The van der Waals surface area contributed by atoms with Gasteiger partial charge in [-0.15, -0.1) is 0 Å². The van der Waals surface area contributed by atoms with Crippen LogP contribution in [0.5, 0.6) is 0 Å². The fourth-order valence-corrected chi connectivity index (χ4v) is 2.84. The molecular formula is C22H31FN4. The summed E-state index contributed by atoms with van der Waals surface area (Å²) < 4.78 is 13.9. The van der Waals surface area contributed by atoms with Gasteiger partial charge in [0.1, 0.15) is 5.82 Å². The quantitative estimate of drug-likeness (QED) is 0.403. The summed E-state index contributed by atoms with van der Waals surface area (Å²) in [6.45, 7) is 4.82. The summed E-state index contributed by atoms with van der Waals surface area (Å²) in [5.74, 6) is 0.631. The van der Waals surface area contributed by atoms with Gasteiger partial charge in [-0.2, -0.15) is 0 Å². The Hall–Kier alpha value is -2.40. The van der Waals surface area contributed by atoms with Gasteiger partial charge in [0.25, 0.3) is 0 Å². The molecule has 4 nitrogen and oxygen atoms in total. The van der Waals surface area contributed by atoms with E-state index < -0.39 is 0 Å². The standard InChI is InChI=1S/C22H31FN4/c1-4-24-22(25-14-8-11-18-9-6-5-7-10-18)26-16-19-12-13-21(23)20(15-19)17-27(2)3/h5-7,9-10,12-13,15H,4,8,11,14,16-17H2,1-3H3,(H2,24,25,26). The molecule has 0 aromatic heterocycles. The number of aliphatic imine (C=N–C) groups is 1. The van der Waals surface area contributed by atoms with E-state index in [1.807, 2.05) is 38.1 Å². The number of hydrogen-bond donors (Lipinski definition) is 2. The van der Waals surface area contributed by atoms with Gasteiger partial charge >= 0.3 is 0 Å². The summed E-state index contributed by atoms with van der Waals surface area (Å²) in [6, 6.07) is 15.7. The minimum absolute atomic E-state index is 0.164. The Morgan fingerprint density at radius 3 is 2.52 bits per heavy atom. The highest BCUT2D eigenvalue weighted by atomic mass is 19.1. The average molecular weight is 371 g/mol. The van der Waals surface area contributed by atoms with E-state index in [9.17, 15) is 4.39 Å². The molecule has 0 radical (unpaired) electrons. The Labute approximate surface area is 162 Å². The molecule has 2 rings (SSSR count). The number of hydrogen-bond acceptors (Lipinski definition) is 2.